The summed E-state index contributed by atoms with van der Waals surface area (Å²) in [5.41, 5.74) is 1.46. The van der Waals surface area contributed by atoms with Gasteiger partial charge < -0.3 is 15.4 Å². The topological polar surface area (TPSA) is 80.3 Å². The van der Waals surface area contributed by atoms with Gasteiger partial charge in [0.05, 0.1) is 17.9 Å². The molecular weight excluding hydrogens is 246 g/mol. The predicted molar refractivity (Wildman–Crippen MR) is 68.0 cm³/mol. The number of pyridine rings is 1. The van der Waals surface area contributed by atoms with E-state index in [0.717, 1.165) is 0 Å². The smallest absolute Gasteiger partial charge is 0.338 e. The second-order valence-electron chi connectivity index (χ2n) is 4.05. The second-order valence-corrected chi connectivity index (χ2v) is 4.05. The van der Waals surface area contributed by atoms with Crippen molar-refractivity contribution in [3.8, 4) is 0 Å². The standard InChI is InChI=1S/C13H15N3O3/c1-3-19-12(17)10-8(2)15-13(18)16-11(10)9-6-4-5-7-14-9/h4-7,11H,3H2,1-2H3,(H2,15,16,18). The Hall–Kier alpha value is -2.37. The average molecular weight is 261 g/mol. The number of esters is 1. The molecule has 0 aliphatic carbocycles. The molecule has 6 heteroatoms. The first-order valence-corrected chi connectivity index (χ1v) is 5.99. The number of amides is 2. The maximum atomic E-state index is 12.0. The number of nitrogens with one attached hydrogen (secondary N) is 2. The Morgan fingerprint density at radius 2 is 2.26 bits per heavy atom. The van der Waals surface area contributed by atoms with Crippen molar-refractivity contribution in [1.29, 1.82) is 0 Å². The molecule has 0 spiro atoms. The number of aromatic nitrogens is 1. The molecule has 1 aromatic rings. The highest BCUT2D eigenvalue weighted by atomic mass is 16.5. The van der Waals surface area contributed by atoms with E-state index in [4.69, 9.17) is 4.74 Å². The third kappa shape index (κ3) is 2.73. The Bertz CT molecular complexity index is 525. The van der Waals surface area contributed by atoms with Crippen LogP contribution in [0, 0.1) is 0 Å². The highest BCUT2D eigenvalue weighted by molar-refractivity contribution is 5.94. The number of hydrogen-bond acceptors (Lipinski definition) is 4. The van der Waals surface area contributed by atoms with Gasteiger partial charge in [-0.05, 0) is 26.0 Å². The summed E-state index contributed by atoms with van der Waals surface area (Å²) >= 11 is 0. The second kappa shape index (κ2) is 5.51. The third-order valence-corrected chi connectivity index (χ3v) is 2.75. The number of ether oxygens (including phenoxy) is 1. The van der Waals surface area contributed by atoms with E-state index in [1.807, 2.05) is 0 Å². The molecule has 6 nitrogen and oxygen atoms in total. The summed E-state index contributed by atoms with van der Waals surface area (Å²) in [7, 11) is 0. The Morgan fingerprint density at radius 3 is 2.89 bits per heavy atom. The van der Waals surface area contributed by atoms with E-state index >= 15 is 0 Å². The van der Waals surface area contributed by atoms with Crippen molar-refractivity contribution in [2.45, 2.75) is 19.9 Å². The van der Waals surface area contributed by atoms with Crippen LogP contribution in [-0.2, 0) is 9.53 Å². The number of rotatable bonds is 3. The monoisotopic (exact) mass is 261 g/mol. The number of nitrogens with zero attached hydrogens (tertiary/aromatic N) is 1. The lowest BCUT2D eigenvalue weighted by molar-refractivity contribution is -0.139. The Kier molecular flexibility index (Phi) is 3.79. The normalized spacial score (nSPS) is 18.6. The van der Waals surface area contributed by atoms with Gasteiger partial charge >= 0.3 is 12.0 Å². The molecule has 0 aromatic carbocycles. The first-order valence-electron chi connectivity index (χ1n) is 5.99. The van der Waals surface area contributed by atoms with Gasteiger partial charge in [-0.3, -0.25) is 4.98 Å². The SMILES string of the molecule is CCOC(=O)C1=C(C)NC(=O)NC1c1ccccn1. The molecule has 1 atom stereocenters. The molecule has 1 aliphatic heterocycles. The number of hydrogen-bond donors (Lipinski definition) is 2. The minimum Gasteiger partial charge on any atom is -0.463 e. The van der Waals surface area contributed by atoms with Crippen LogP contribution in [0.25, 0.3) is 0 Å². The van der Waals surface area contributed by atoms with E-state index < -0.39 is 12.0 Å². The van der Waals surface area contributed by atoms with Gasteiger partial charge in [0.15, 0.2) is 0 Å². The predicted octanol–water partition coefficient (Wildman–Crippen LogP) is 1.27. The minimum absolute atomic E-state index is 0.276. The van der Waals surface area contributed by atoms with Gasteiger partial charge in [0.25, 0.3) is 0 Å². The van der Waals surface area contributed by atoms with Gasteiger partial charge in [-0.2, -0.15) is 0 Å². The zero-order valence-corrected chi connectivity index (χ0v) is 10.8. The maximum absolute atomic E-state index is 12.0. The first-order chi connectivity index (χ1) is 9.13. The highest BCUT2D eigenvalue weighted by Crippen LogP contribution is 2.25. The van der Waals surface area contributed by atoms with Crippen LogP contribution in [0.1, 0.15) is 25.6 Å². The van der Waals surface area contributed by atoms with E-state index in [9.17, 15) is 9.59 Å². The average Bonchev–Trinajstić information content (AvgIpc) is 2.39. The van der Waals surface area contributed by atoms with Gasteiger partial charge in [0.1, 0.15) is 6.04 Å². The first kappa shape index (κ1) is 13.1. The van der Waals surface area contributed by atoms with Crippen molar-refractivity contribution in [3.05, 3.63) is 41.4 Å². The van der Waals surface area contributed by atoms with Gasteiger partial charge in [-0.1, -0.05) is 6.07 Å². The van der Waals surface area contributed by atoms with Crippen molar-refractivity contribution in [2.75, 3.05) is 6.61 Å². The quantitative estimate of drug-likeness (QED) is 0.803. The van der Waals surface area contributed by atoms with Crippen molar-refractivity contribution in [2.24, 2.45) is 0 Å². The van der Waals surface area contributed by atoms with Gasteiger partial charge in [0, 0.05) is 11.9 Å². The molecular formula is C13H15N3O3. The maximum Gasteiger partial charge on any atom is 0.338 e. The molecule has 2 amide bonds. The van der Waals surface area contributed by atoms with Crippen LogP contribution >= 0.6 is 0 Å². The Morgan fingerprint density at radius 1 is 1.47 bits per heavy atom. The van der Waals surface area contributed by atoms with Crippen molar-refractivity contribution < 1.29 is 14.3 Å². The van der Waals surface area contributed by atoms with E-state index in [1.54, 1.807) is 38.2 Å². The zero-order chi connectivity index (χ0) is 13.8. The van der Waals surface area contributed by atoms with E-state index in [0.29, 0.717) is 17.0 Å². The van der Waals surface area contributed by atoms with E-state index in [1.165, 1.54) is 0 Å². The van der Waals surface area contributed by atoms with Crippen LogP contribution in [0.4, 0.5) is 4.79 Å². The minimum atomic E-state index is -0.589. The number of carbonyl (C=O) groups excluding carboxylic acids is 2. The number of allylic oxidation sites excluding steroid dienone is 1. The Labute approximate surface area is 110 Å². The molecule has 1 aliphatic rings. The highest BCUT2D eigenvalue weighted by Gasteiger charge is 2.32. The summed E-state index contributed by atoms with van der Waals surface area (Å²) in [6, 6.07) is 4.37. The van der Waals surface area contributed by atoms with Crippen LogP contribution in [-0.4, -0.2) is 23.6 Å². The van der Waals surface area contributed by atoms with Crippen LogP contribution in [0.5, 0.6) is 0 Å². The number of carbonyl (C=O) groups is 2. The summed E-state index contributed by atoms with van der Waals surface area (Å²) in [5.74, 6) is -0.455. The molecule has 19 heavy (non-hydrogen) atoms. The zero-order valence-electron chi connectivity index (χ0n) is 10.8. The molecule has 2 N–H and O–H groups in total. The molecule has 0 bridgehead atoms. The summed E-state index contributed by atoms with van der Waals surface area (Å²) in [6.45, 7) is 3.68. The van der Waals surface area contributed by atoms with Crippen molar-refractivity contribution >= 4 is 12.0 Å². The van der Waals surface area contributed by atoms with E-state index in [-0.39, 0.29) is 12.6 Å². The fourth-order valence-corrected chi connectivity index (χ4v) is 1.94. The van der Waals surface area contributed by atoms with Crippen LogP contribution in [0.15, 0.2) is 35.7 Å². The van der Waals surface area contributed by atoms with Crippen molar-refractivity contribution in [3.63, 3.8) is 0 Å². The summed E-state index contributed by atoms with van der Waals surface area (Å²) < 4.78 is 5.02. The van der Waals surface area contributed by atoms with Gasteiger partial charge in [-0.25, -0.2) is 9.59 Å². The Balaban J connectivity index is 2.41. The largest absolute Gasteiger partial charge is 0.463 e. The molecule has 0 saturated carbocycles. The summed E-state index contributed by atoms with van der Waals surface area (Å²) in [4.78, 5) is 27.7. The fraction of sp³-hybridized carbons (Fsp3) is 0.308. The number of urea groups is 1. The lowest BCUT2D eigenvalue weighted by atomic mass is 9.99. The fourth-order valence-electron chi connectivity index (χ4n) is 1.94. The summed E-state index contributed by atoms with van der Waals surface area (Å²) in [6.07, 6.45) is 1.61. The molecule has 0 saturated heterocycles. The molecule has 100 valence electrons. The van der Waals surface area contributed by atoms with Gasteiger partial charge in [0.2, 0.25) is 0 Å². The third-order valence-electron chi connectivity index (χ3n) is 2.75. The molecule has 0 fully saturated rings. The lowest BCUT2D eigenvalue weighted by Gasteiger charge is -2.27. The van der Waals surface area contributed by atoms with Crippen LogP contribution < -0.4 is 10.6 Å². The molecule has 2 heterocycles. The van der Waals surface area contributed by atoms with Crippen LogP contribution in [0.3, 0.4) is 0 Å². The molecule has 1 unspecified atom stereocenters. The van der Waals surface area contributed by atoms with Gasteiger partial charge in [-0.15, -0.1) is 0 Å². The van der Waals surface area contributed by atoms with E-state index in [2.05, 4.69) is 15.6 Å². The molecule has 1 aromatic heterocycles. The molecule has 2 rings (SSSR count). The summed E-state index contributed by atoms with van der Waals surface area (Å²) in [5, 5.41) is 5.25. The molecule has 0 radical (unpaired) electrons. The van der Waals surface area contributed by atoms with Crippen molar-refractivity contribution in [1.82, 2.24) is 15.6 Å². The lowest BCUT2D eigenvalue weighted by Crippen LogP contribution is -2.45. The van der Waals surface area contributed by atoms with Crippen LogP contribution in [0.2, 0.25) is 0 Å².